The Labute approximate surface area is 123 Å². The summed E-state index contributed by atoms with van der Waals surface area (Å²) in [5, 5.41) is 19.9. The molecule has 0 saturated carbocycles. The summed E-state index contributed by atoms with van der Waals surface area (Å²) in [6.45, 7) is 1.72. The Morgan fingerprint density at radius 1 is 1.10 bits per heavy atom. The number of benzene rings is 1. The van der Waals surface area contributed by atoms with Gasteiger partial charge < -0.3 is 29.2 Å². The van der Waals surface area contributed by atoms with Crippen LogP contribution in [-0.4, -0.2) is 50.2 Å². The number of aliphatic hydroxyl groups excluding tert-OH is 2. The maximum absolute atomic E-state index is 11.5. The van der Waals surface area contributed by atoms with Crippen molar-refractivity contribution in [1.82, 2.24) is 0 Å². The molecule has 2 N–H and O–H groups in total. The van der Waals surface area contributed by atoms with Crippen LogP contribution >= 0.6 is 0 Å². The maximum Gasteiger partial charge on any atom is 0.338 e. The molecule has 118 valence electrons. The summed E-state index contributed by atoms with van der Waals surface area (Å²) in [5.74, 6) is 0.0595. The van der Waals surface area contributed by atoms with Gasteiger partial charge in [-0.3, -0.25) is 0 Å². The van der Waals surface area contributed by atoms with E-state index in [1.807, 2.05) is 0 Å². The van der Waals surface area contributed by atoms with Crippen LogP contribution in [0, 0.1) is 0 Å². The molecule has 0 spiro atoms. The molecule has 0 aliphatic carbocycles. The molecule has 2 atom stereocenters. The molecule has 7 nitrogen and oxygen atoms in total. The van der Waals surface area contributed by atoms with Crippen molar-refractivity contribution in [2.45, 2.75) is 19.1 Å². The largest absolute Gasteiger partial charge is 0.493 e. The number of aliphatic hydroxyl groups is 2. The first kappa shape index (κ1) is 17.1. The number of rotatable bonds is 7. The molecular weight excluding hydrogens is 280 g/mol. The summed E-state index contributed by atoms with van der Waals surface area (Å²) in [4.78, 5) is 11.5. The van der Waals surface area contributed by atoms with Crippen molar-refractivity contribution in [3.63, 3.8) is 0 Å². The second-order valence-electron chi connectivity index (χ2n) is 4.10. The molecule has 0 aromatic heterocycles. The fourth-order valence-corrected chi connectivity index (χ4v) is 1.81. The number of methoxy groups -OCH3 is 3. The van der Waals surface area contributed by atoms with Crippen LogP contribution in [0.5, 0.6) is 17.2 Å². The second kappa shape index (κ2) is 7.70. The van der Waals surface area contributed by atoms with Crippen LogP contribution in [0.3, 0.4) is 0 Å². The Hall–Kier alpha value is -1.99. The summed E-state index contributed by atoms with van der Waals surface area (Å²) in [6.07, 6.45) is -3.18. The zero-order valence-corrected chi connectivity index (χ0v) is 12.5. The van der Waals surface area contributed by atoms with Crippen LogP contribution in [0.2, 0.25) is 0 Å². The first-order chi connectivity index (χ1) is 9.99. The first-order valence-corrected chi connectivity index (χ1v) is 6.32. The van der Waals surface area contributed by atoms with E-state index in [9.17, 15) is 15.0 Å². The zero-order chi connectivity index (χ0) is 16.0. The van der Waals surface area contributed by atoms with Gasteiger partial charge in [-0.25, -0.2) is 4.79 Å². The Bertz CT molecular complexity index is 461. The van der Waals surface area contributed by atoms with Crippen LogP contribution < -0.4 is 14.2 Å². The lowest BCUT2D eigenvalue weighted by Gasteiger charge is -2.19. The lowest BCUT2D eigenvalue weighted by atomic mass is 10.0. The normalized spacial score (nSPS) is 13.2. The molecule has 0 saturated heterocycles. The molecule has 0 heterocycles. The van der Waals surface area contributed by atoms with Crippen LogP contribution in [0.1, 0.15) is 18.6 Å². The summed E-state index contributed by atoms with van der Waals surface area (Å²) in [5.41, 5.74) is 0.241. The predicted molar refractivity (Wildman–Crippen MR) is 73.7 cm³/mol. The van der Waals surface area contributed by atoms with Crippen LogP contribution in [0.25, 0.3) is 0 Å². The summed E-state index contributed by atoms with van der Waals surface area (Å²) >= 11 is 0. The lowest BCUT2D eigenvalue weighted by molar-refractivity contribution is -0.159. The Balaban J connectivity index is 3.15. The minimum Gasteiger partial charge on any atom is -0.493 e. The smallest absolute Gasteiger partial charge is 0.338 e. The molecule has 0 aliphatic heterocycles. The van der Waals surface area contributed by atoms with Gasteiger partial charge in [-0.1, -0.05) is 0 Å². The monoisotopic (exact) mass is 300 g/mol. The van der Waals surface area contributed by atoms with Crippen molar-refractivity contribution in [1.29, 1.82) is 0 Å². The van der Waals surface area contributed by atoms with E-state index in [0.717, 1.165) is 0 Å². The van der Waals surface area contributed by atoms with E-state index in [4.69, 9.17) is 14.2 Å². The first-order valence-electron chi connectivity index (χ1n) is 6.32. The summed E-state index contributed by atoms with van der Waals surface area (Å²) in [7, 11) is 4.30. The second-order valence-corrected chi connectivity index (χ2v) is 4.10. The predicted octanol–water partition coefficient (Wildman–Crippen LogP) is 0.670. The van der Waals surface area contributed by atoms with Gasteiger partial charge in [0.15, 0.2) is 17.6 Å². The molecule has 1 rings (SSSR count). The van der Waals surface area contributed by atoms with Crippen LogP contribution in [0.4, 0.5) is 0 Å². The van der Waals surface area contributed by atoms with Gasteiger partial charge in [-0.05, 0) is 24.6 Å². The maximum atomic E-state index is 11.5. The van der Waals surface area contributed by atoms with E-state index in [1.165, 1.54) is 33.5 Å². The van der Waals surface area contributed by atoms with Crippen LogP contribution in [0.15, 0.2) is 12.1 Å². The highest BCUT2D eigenvalue weighted by Gasteiger charge is 2.29. The molecule has 0 fully saturated rings. The van der Waals surface area contributed by atoms with E-state index < -0.39 is 18.2 Å². The van der Waals surface area contributed by atoms with Gasteiger partial charge in [0, 0.05) is 0 Å². The van der Waals surface area contributed by atoms with Crippen molar-refractivity contribution >= 4 is 5.97 Å². The number of ether oxygens (including phenoxy) is 4. The third kappa shape index (κ3) is 3.77. The number of hydrogen-bond acceptors (Lipinski definition) is 7. The number of carbonyl (C=O) groups is 1. The number of carbonyl (C=O) groups excluding carboxylic acids is 1. The van der Waals surface area contributed by atoms with Gasteiger partial charge in [0.05, 0.1) is 27.9 Å². The van der Waals surface area contributed by atoms with Crippen molar-refractivity contribution in [2.24, 2.45) is 0 Å². The SMILES string of the molecule is CCOC(=O)C(O)C(O)c1cc(OC)c(OC)c(OC)c1. The summed E-state index contributed by atoms with van der Waals surface area (Å²) < 4.78 is 20.1. The topological polar surface area (TPSA) is 94.5 Å². The van der Waals surface area contributed by atoms with Crippen molar-refractivity contribution in [3.8, 4) is 17.2 Å². The molecule has 0 radical (unpaired) electrons. The third-order valence-electron chi connectivity index (χ3n) is 2.86. The molecule has 2 unspecified atom stereocenters. The molecule has 0 bridgehead atoms. The molecule has 21 heavy (non-hydrogen) atoms. The van der Waals surface area contributed by atoms with E-state index in [0.29, 0.717) is 17.2 Å². The molecule has 0 aliphatic rings. The van der Waals surface area contributed by atoms with E-state index in [2.05, 4.69) is 4.74 Å². The fourth-order valence-electron chi connectivity index (χ4n) is 1.81. The Morgan fingerprint density at radius 3 is 2.00 bits per heavy atom. The Kier molecular flexibility index (Phi) is 6.26. The minimum atomic E-state index is -1.70. The van der Waals surface area contributed by atoms with Crippen LogP contribution in [-0.2, 0) is 9.53 Å². The summed E-state index contributed by atoms with van der Waals surface area (Å²) in [6, 6.07) is 2.91. The minimum absolute atomic E-state index is 0.109. The average molecular weight is 300 g/mol. The van der Waals surface area contributed by atoms with Gasteiger partial charge in [-0.2, -0.15) is 0 Å². The number of hydrogen-bond donors (Lipinski definition) is 2. The van der Waals surface area contributed by atoms with Crippen molar-refractivity contribution in [2.75, 3.05) is 27.9 Å². The standard InChI is InChI=1S/C14H20O7/c1-5-21-14(17)12(16)11(15)8-6-9(18-2)13(20-4)10(7-8)19-3/h6-7,11-12,15-16H,5H2,1-4H3. The fraction of sp³-hybridized carbons (Fsp3) is 0.500. The quantitative estimate of drug-likeness (QED) is 0.715. The molecular formula is C14H20O7. The zero-order valence-electron chi connectivity index (χ0n) is 12.5. The average Bonchev–Trinajstić information content (AvgIpc) is 2.51. The third-order valence-corrected chi connectivity index (χ3v) is 2.86. The van der Waals surface area contributed by atoms with Gasteiger partial charge in [-0.15, -0.1) is 0 Å². The lowest BCUT2D eigenvalue weighted by Crippen LogP contribution is -2.29. The van der Waals surface area contributed by atoms with Crippen molar-refractivity contribution in [3.05, 3.63) is 17.7 Å². The van der Waals surface area contributed by atoms with Gasteiger partial charge in [0.25, 0.3) is 0 Å². The van der Waals surface area contributed by atoms with E-state index >= 15 is 0 Å². The Morgan fingerprint density at radius 2 is 1.62 bits per heavy atom. The van der Waals surface area contributed by atoms with E-state index in [1.54, 1.807) is 6.92 Å². The molecule has 7 heteroatoms. The molecule has 1 aromatic carbocycles. The van der Waals surface area contributed by atoms with E-state index in [-0.39, 0.29) is 12.2 Å². The molecule has 0 amide bonds. The highest BCUT2D eigenvalue weighted by Crippen LogP contribution is 2.40. The van der Waals surface area contributed by atoms with Gasteiger partial charge in [0.1, 0.15) is 6.10 Å². The van der Waals surface area contributed by atoms with Gasteiger partial charge >= 0.3 is 5.97 Å². The highest BCUT2D eigenvalue weighted by molar-refractivity contribution is 5.75. The highest BCUT2D eigenvalue weighted by atomic mass is 16.5. The van der Waals surface area contributed by atoms with Crippen molar-refractivity contribution < 1.29 is 34.0 Å². The number of esters is 1. The van der Waals surface area contributed by atoms with Gasteiger partial charge in [0.2, 0.25) is 5.75 Å². The molecule has 1 aromatic rings.